The van der Waals surface area contributed by atoms with Crippen LogP contribution in [0.1, 0.15) is 37.0 Å². The second kappa shape index (κ2) is 7.99. The van der Waals surface area contributed by atoms with Crippen molar-refractivity contribution in [2.45, 2.75) is 26.7 Å². The Morgan fingerprint density at radius 1 is 1.22 bits per heavy atom. The number of nitrogens with zero attached hydrogens (tertiary/aromatic N) is 2. The minimum atomic E-state index is 0.0117. The summed E-state index contributed by atoms with van der Waals surface area (Å²) in [5.41, 5.74) is 0.637. The van der Waals surface area contributed by atoms with E-state index in [1.165, 1.54) is 0 Å². The number of ether oxygens (including phenoxy) is 1. The molecule has 0 N–H and O–H groups in total. The van der Waals surface area contributed by atoms with Gasteiger partial charge < -0.3 is 14.5 Å². The summed E-state index contributed by atoms with van der Waals surface area (Å²) in [6.07, 6.45) is 1.48. The third-order valence-corrected chi connectivity index (χ3v) is 4.52. The van der Waals surface area contributed by atoms with Crippen LogP contribution in [0.3, 0.4) is 0 Å². The van der Waals surface area contributed by atoms with Crippen molar-refractivity contribution in [1.29, 1.82) is 0 Å². The number of amides is 2. The number of carbonyl (C=O) groups excluding carboxylic acids is 2. The van der Waals surface area contributed by atoms with Gasteiger partial charge in [-0.3, -0.25) is 9.59 Å². The minimum absolute atomic E-state index is 0.0117. The number of hydrogen-bond acceptors (Lipinski definition) is 3. The molecule has 126 valence electrons. The summed E-state index contributed by atoms with van der Waals surface area (Å²) >= 11 is 0. The quantitative estimate of drug-likeness (QED) is 0.838. The van der Waals surface area contributed by atoms with Gasteiger partial charge in [-0.15, -0.1) is 0 Å². The molecule has 2 amide bonds. The topological polar surface area (TPSA) is 49.9 Å². The lowest BCUT2D eigenvalue weighted by molar-refractivity contribution is -0.136. The van der Waals surface area contributed by atoms with Gasteiger partial charge in [-0.05, 0) is 44.9 Å². The molecule has 0 spiro atoms. The third-order valence-electron chi connectivity index (χ3n) is 4.52. The Morgan fingerprint density at radius 2 is 1.87 bits per heavy atom. The SMILES string of the molecule is CCN(CC)C(=O)C1CCN(C(=O)c2cccc(OC)c2)CC1. The molecule has 0 atom stereocenters. The fourth-order valence-electron chi connectivity index (χ4n) is 3.06. The van der Waals surface area contributed by atoms with Gasteiger partial charge in [0.05, 0.1) is 7.11 Å². The Kier molecular flexibility index (Phi) is 6.02. The highest BCUT2D eigenvalue weighted by Crippen LogP contribution is 2.22. The lowest BCUT2D eigenvalue weighted by Gasteiger charge is -2.33. The Hall–Kier alpha value is -2.04. The van der Waals surface area contributed by atoms with Crippen LogP contribution in [0.2, 0.25) is 0 Å². The molecule has 0 aromatic heterocycles. The highest BCUT2D eigenvalue weighted by molar-refractivity contribution is 5.94. The van der Waals surface area contributed by atoms with Crippen LogP contribution in [-0.2, 0) is 4.79 Å². The van der Waals surface area contributed by atoms with Crippen molar-refractivity contribution in [3.63, 3.8) is 0 Å². The van der Waals surface area contributed by atoms with E-state index in [1.54, 1.807) is 19.2 Å². The van der Waals surface area contributed by atoms with Gasteiger partial charge >= 0.3 is 0 Å². The standard InChI is InChI=1S/C18H26N2O3/c1-4-19(5-2)17(21)14-9-11-20(12-10-14)18(22)15-7-6-8-16(13-15)23-3/h6-8,13-14H,4-5,9-12H2,1-3H3. The normalized spacial score (nSPS) is 15.3. The fourth-order valence-corrected chi connectivity index (χ4v) is 3.06. The molecule has 0 bridgehead atoms. The number of likely N-dealkylation sites (tertiary alicyclic amines) is 1. The zero-order chi connectivity index (χ0) is 16.8. The molecule has 5 nitrogen and oxygen atoms in total. The predicted molar refractivity (Wildman–Crippen MR) is 89.5 cm³/mol. The average molecular weight is 318 g/mol. The lowest BCUT2D eigenvalue weighted by Crippen LogP contribution is -2.44. The summed E-state index contributed by atoms with van der Waals surface area (Å²) in [6.45, 7) is 6.77. The minimum Gasteiger partial charge on any atom is -0.497 e. The van der Waals surface area contributed by atoms with Gasteiger partial charge in [-0.1, -0.05) is 6.07 Å². The molecule has 5 heteroatoms. The van der Waals surface area contributed by atoms with Crippen LogP contribution in [0.4, 0.5) is 0 Å². The van der Waals surface area contributed by atoms with Crippen molar-refractivity contribution in [3.05, 3.63) is 29.8 Å². The van der Waals surface area contributed by atoms with E-state index >= 15 is 0 Å². The summed E-state index contributed by atoms with van der Waals surface area (Å²) < 4.78 is 5.17. The van der Waals surface area contributed by atoms with Crippen LogP contribution in [0, 0.1) is 5.92 Å². The van der Waals surface area contributed by atoms with Crippen molar-refractivity contribution in [2.75, 3.05) is 33.3 Å². The molecule has 0 radical (unpaired) electrons. The molecule has 1 saturated heterocycles. The fraction of sp³-hybridized carbons (Fsp3) is 0.556. The average Bonchev–Trinajstić information content (AvgIpc) is 2.62. The molecule has 0 aliphatic carbocycles. The molecule has 0 saturated carbocycles. The number of hydrogen-bond donors (Lipinski definition) is 0. The van der Waals surface area contributed by atoms with Gasteiger partial charge in [0.25, 0.3) is 5.91 Å². The zero-order valence-corrected chi connectivity index (χ0v) is 14.2. The molecule has 23 heavy (non-hydrogen) atoms. The van der Waals surface area contributed by atoms with E-state index in [1.807, 2.05) is 35.8 Å². The molecule has 1 aliphatic rings. The predicted octanol–water partition coefficient (Wildman–Crippen LogP) is 2.42. The molecule has 1 aromatic rings. The van der Waals surface area contributed by atoms with E-state index in [0.717, 1.165) is 25.9 Å². The molecular weight excluding hydrogens is 292 g/mol. The molecule has 1 aliphatic heterocycles. The van der Waals surface area contributed by atoms with Crippen molar-refractivity contribution in [3.8, 4) is 5.75 Å². The number of rotatable bonds is 5. The highest BCUT2D eigenvalue weighted by atomic mass is 16.5. The van der Waals surface area contributed by atoms with E-state index in [2.05, 4.69) is 0 Å². The lowest BCUT2D eigenvalue weighted by atomic mass is 9.94. The summed E-state index contributed by atoms with van der Waals surface area (Å²) in [5, 5.41) is 0. The van der Waals surface area contributed by atoms with Gasteiger partial charge in [-0.25, -0.2) is 0 Å². The van der Waals surface area contributed by atoms with Crippen LogP contribution in [0.15, 0.2) is 24.3 Å². The third kappa shape index (κ3) is 4.03. The second-order valence-electron chi connectivity index (χ2n) is 5.81. The molecular formula is C18H26N2O3. The maximum Gasteiger partial charge on any atom is 0.253 e. The first kappa shape index (κ1) is 17.3. The largest absolute Gasteiger partial charge is 0.497 e. The van der Waals surface area contributed by atoms with Gasteiger partial charge in [0.2, 0.25) is 5.91 Å². The van der Waals surface area contributed by atoms with Crippen LogP contribution >= 0.6 is 0 Å². The van der Waals surface area contributed by atoms with E-state index in [4.69, 9.17) is 4.74 Å². The Labute approximate surface area is 138 Å². The summed E-state index contributed by atoms with van der Waals surface area (Å²) in [6, 6.07) is 7.21. The number of benzene rings is 1. The van der Waals surface area contributed by atoms with Crippen LogP contribution < -0.4 is 4.74 Å². The molecule has 0 unspecified atom stereocenters. The number of carbonyl (C=O) groups is 2. The van der Waals surface area contributed by atoms with E-state index in [0.29, 0.717) is 24.4 Å². The first-order chi connectivity index (χ1) is 11.1. The van der Waals surface area contributed by atoms with Crippen LogP contribution in [0.25, 0.3) is 0 Å². The second-order valence-corrected chi connectivity index (χ2v) is 5.81. The molecule has 1 heterocycles. The molecule has 1 fully saturated rings. The van der Waals surface area contributed by atoms with E-state index < -0.39 is 0 Å². The van der Waals surface area contributed by atoms with E-state index in [-0.39, 0.29) is 17.7 Å². The Balaban J connectivity index is 1.95. The van der Waals surface area contributed by atoms with Gasteiger partial charge in [0.15, 0.2) is 0 Å². The van der Waals surface area contributed by atoms with Gasteiger partial charge in [0.1, 0.15) is 5.75 Å². The van der Waals surface area contributed by atoms with Crippen molar-refractivity contribution in [1.82, 2.24) is 9.80 Å². The Bertz CT molecular complexity index is 547. The number of piperidine rings is 1. The molecule has 2 rings (SSSR count). The monoisotopic (exact) mass is 318 g/mol. The Morgan fingerprint density at radius 3 is 2.43 bits per heavy atom. The van der Waals surface area contributed by atoms with Crippen molar-refractivity contribution < 1.29 is 14.3 Å². The van der Waals surface area contributed by atoms with Crippen LogP contribution in [-0.4, -0.2) is 54.9 Å². The highest BCUT2D eigenvalue weighted by Gasteiger charge is 2.29. The summed E-state index contributed by atoms with van der Waals surface area (Å²) in [4.78, 5) is 28.7. The smallest absolute Gasteiger partial charge is 0.253 e. The van der Waals surface area contributed by atoms with E-state index in [9.17, 15) is 9.59 Å². The number of methoxy groups -OCH3 is 1. The summed E-state index contributed by atoms with van der Waals surface area (Å²) in [7, 11) is 1.59. The maximum atomic E-state index is 12.6. The first-order valence-electron chi connectivity index (χ1n) is 8.32. The summed E-state index contributed by atoms with van der Waals surface area (Å²) in [5.74, 6) is 0.966. The molecule has 1 aromatic carbocycles. The maximum absolute atomic E-state index is 12.6. The van der Waals surface area contributed by atoms with Crippen molar-refractivity contribution in [2.24, 2.45) is 5.92 Å². The van der Waals surface area contributed by atoms with Crippen LogP contribution in [0.5, 0.6) is 5.75 Å². The zero-order valence-electron chi connectivity index (χ0n) is 14.2. The first-order valence-corrected chi connectivity index (χ1v) is 8.32. The van der Waals surface area contributed by atoms with Gasteiger partial charge in [-0.2, -0.15) is 0 Å². The van der Waals surface area contributed by atoms with Crippen molar-refractivity contribution >= 4 is 11.8 Å². The van der Waals surface area contributed by atoms with Gasteiger partial charge in [0, 0.05) is 37.7 Å².